The van der Waals surface area contributed by atoms with Gasteiger partial charge in [0.15, 0.2) is 0 Å². The van der Waals surface area contributed by atoms with Crippen LogP contribution >= 0.6 is 0 Å². The van der Waals surface area contributed by atoms with E-state index in [2.05, 4.69) is 15.6 Å². The first-order valence-corrected chi connectivity index (χ1v) is 9.31. The van der Waals surface area contributed by atoms with Gasteiger partial charge in [0.1, 0.15) is 5.82 Å². The number of carbonyl (C=O) groups is 2. The number of aromatic nitrogens is 3. The number of anilines is 1. The lowest BCUT2D eigenvalue weighted by molar-refractivity contribution is -0.125. The lowest BCUT2D eigenvalue weighted by atomic mass is 9.99. The van der Waals surface area contributed by atoms with Crippen LogP contribution in [0.15, 0.2) is 40.1 Å². The van der Waals surface area contributed by atoms with Crippen LogP contribution in [0.5, 0.6) is 0 Å². The van der Waals surface area contributed by atoms with Crippen LogP contribution in [0.2, 0.25) is 0 Å². The van der Waals surface area contributed by atoms with E-state index in [1.54, 1.807) is 0 Å². The third-order valence-corrected chi connectivity index (χ3v) is 5.39. The number of amides is 2. The second kappa shape index (κ2) is 7.08. The Morgan fingerprint density at radius 3 is 2.69 bits per heavy atom. The van der Waals surface area contributed by atoms with Gasteiger partial charge in [-0.2, -0.15) is 0 Å². The Labute approximate surface area is 165 Å². The standard InChI is InChI=1S/C20H21N5O4/c1-24-17-16(19(28)25(2)20(24)29)13(18(27)23-17)9-15(26)21-8-7-11-10-22-14-6-4-3-5-12(11)14/h3-6,10,13,22H,7-9H2,1-2H3,(H,21,26)(H,23,27)/t13-/m0/s1. The summed E-state index contributed by atoms with van der Waals surface area (Å²) in [6.07, 6.45) is 2.40. The molecule has 2 amide bonds. The van der Waals surface area contributed by atoms with E-state index in [9.17, 15) is 19.2 Å². The van der Waals surface area contributed by atoms with Crippen molar-refractivity contribution in [3.63, 3.8) is 0 Å². The molecule has 3 N–H and O–H groups in total. The average molecular weight is 395 g/mol. The van der Waals surface area contributed by atoms with E-state index in [1.165, 1.54) is 18.7 Å². The summed E-state index contributed by atoms with van der Waals surface area (Å²) in [5.41, 5.74) is 1.20. The molecular weight excluding hydrogens is 374 g/mol. The monoisotopic (exact) mass is 395 g/mol. The molecule has 1 aromatic carbocycles. The molecule has 1 aliphatic heterocycles. The van der Waals surface area contributed by atoms with E-state index in [-0.39, 0.29) is 23.7 Å². The van der Waals surface area contributed by atoms with Crippen molar-refractivity contribution in [2.75, 3.05) is 11.9 Å². The fourth-order valence-corrected chi connectivity index (χ4v) is 3.80. The van der Waals surface area contributed by atoms with E-state index < -0.39 is 23.1 Å². The summed E-state index contributed by atoms with van der Waals surface area (Å²) in [5, 5.41) is 6.48. The van der Waals surface area contributed by atoms with E-state index in [4.69, 9.17) is 0 Å². The highest BCUT2D eigenvalue weighted by Gasteiger charge is 2.37. The first-order chi connectivity index (χ1) is 13.9. The molecule has 29 heavy (non-hydrogen) atoms. The zero-order valence-corrected chi connectivity index (χ0v) is 16.1. The summed E-state index contributed by atoms with van der Waals surface area (Å²) in [6, 6.07) is 7.92. The summed E-state index contributed by atoms with van der Waals surface area (Å²) in [6.45, 7) is 0.410. The normalized spacial score (nSPS) is 15.4. The third kappa shape index (κ3) is 3.14. The van der Waals surface area contributed by atoms with Crippen LogP contribution in [0.3, 0.4) is 0 Å². The largest absolute Gasteiger partial charge is 0.361 e. The molecule has 3 aromatic rings. The number of carbonyl (C=O) groups excluding carboxylic acids is 2. The van der Waals surface area contributed by atoms with Gasteiger partial charge in [-0.05, 0) is 18.1 Å². The molecule has 0 saturated heterocycles. The Kier molecular flexibility index (Phi) is 4.57. The second-order valence-corrected chi connectivity index (χ2v) is 7.17. The summed E-state index contributed by atoms with van der Waals surface area (Å²) in [7, 11) is 2.83. The Hall–Kier alpha value is -3.62. The summed E-state index contributed by atoms with van der Waals surface area (Å²) in [4.78, 5) is 52.5. The van der Waals surface area contributed by atoms with Crippen molar-refractivity contribution < 1.29 is 9.59 Å². The van der Waals surface area contributed by atoms with Gasteiger partial charge in [0.2, 0.25) is 11.8 Å². The van der Waals surface area contributed by atoms with Gasteiger partial charge in [-0.3, -0.25) is 23.5 Å². The van der Waals surface area contributed by atoms with Gasteiger partial charge in [-0.25, -0.2) is 4.79 Å². The number of rotatable bonds is 5. The molecule has 0 saturated carbocycles. The molecule has 0 spiro atoms. The van der Waals surface area contributed by atoms with Crippen molar-refractivity contribution in [1.29, 1.82) is 0 Å². The molecule has 0 unspecified atom stereocenters. The molecule has 4 rings (SSSR count). The highest BCUT2D eigenvalue weighted by Crippen LogP contribution is 2.30. The van der Waals surface area contributed by atoms with Gasteiger partial charge in [0.05, 0.1) is 11.5 Å². The number of aromatic amines is 1. The van der Waals surface area contributed by atoms with Gasteiger partial charge in [0, 0.05) is 44.2 Å². The molecule has 0 aliphatic carbocycles. The fraction of sp³-hybridized carbons (Fsp3) is 0.300. The Balaban J connectivity index is 1.45. The van der Waals surface area contributed by atoms with Crippen LogP contribution < -0.4 is 21.9 Å². The van der Waals surface area contributed by atoms with Crippen molar-refractivity contribution in [2.24, 2.45) is 14.1 Å². The van der Waals surface area contributed by atoms with Crippen molar-refractivity contribution >= 4 is 28.5 Å². The number of nitrogens with one attached hydrogen (secondary N) is 3. The zero-order chi connectivity index (χ0) is 20.7. The number of H-pyrrole nitrogens is 1. The number of hydrogen-bond donors (Lipinski definition) is 3. The number of fused-ring (bicyclic) bond motifs is 2. The first-order valence-electron chi connectivity index (χ1n) is 9.31. The maximum absolute atomic E-state index is 12.5. The van der Waals surface area contributed by atoms with Crippen LogP contribution in [-0.4, -0.2) is 32.5 Å². The molecular formula is C20H21N5O4. The summed E-state index contributed by atoms with van der Waals surface area (Å²) < 4.78 is 2.16. The van der Waals surface area contributed by atoms with Gasteiger partial charge in [-0.15, -0.1) is 0 Å². The minimum absolute atomic E-state index is 0.153. The molecule has 0 radical (unpaired) electrons. The van der Waals surface area contributed by atoms with Gasteiger partial charge in [0.25, 0.3) is 5.56 Å². The Morgan fingerprint density at radius 2 is 1.90 bits per heavy atom. The smallest absolute Gasteiger partial charge is 0.332 e. The minimum Gasteiger partial charge on any atom is -0.361 e. The lowest BCUT2D eigenvalue weighted by Gasteiger charge is -2.11. The van der Waals surface area contributed by atoms with E-state index in [0.717, 1.165) is 21.0 Å². The predicted octanol–water partition coefficient (Wildman–Crippen LogP) is 0.350. The van der Waals surface area contributed by atoms with Crippen LogP contribution in [0.4, 0.5) is 5.82 Å². The molecule has 150 valence electrons. The van der Waals surface area contributed by atoms with Gasteiger partial charge >= 0.3 is 5.69 Å². The van der Waals surface area contributed by atoms with Crippen LogP contribution in [0.1, 0.15) is 23.5 Å². The first kappa shape index (κ1) is 18.7. The number of nitrogens with zero attached hydrogens (tertiary/aromatic N) is 2. The minimum atomic E-state index is -0.913. The molecule has 9 nitrogen and oxygen atoms in total. The number of benzene rings is 1. The van der Waals surface area contributed by atoms with E-state index in [1.807, 2.05) is 30.5 Å². The lowest BCUT2D eigenvalue weighted by Crippen LogP contribution is -2.39. The van der Waals surface area contributed by atoms with Crippen LogP contribution in [0.25, 0.3) is 10.9 Å². The highest BCUT2D eigenvalue weighted by molar-refractivity contribution is 6.04. The van der Waals surface area contributed by atoms with Crippen molar-refractivity contribution in [3.8, 4) is 0 Å². The highest BCUT2D eigenvalue weighted by atomic mass is 16.2. The summed E-state index contributed by atoms with van der Waals surface area (Å²) in [5.74, 6) is -1.53. The fourth-order valence-electron chi connectivity index (χ4n) is 3.80. The number of para-hydroxylation sites is 1. The topological polar surface area (TPSA) is 118 Å². The summed E-state index contributed by atoms with van der Waals surface area (Å²) >= 11 is 0. The Morgan fingerprint density at radius 1 is 1.14 bits per heavy atom. The van der Waals surface area contributed by atoms with Crippen molar-refractivity contribution in [2.45, 2.75) is 18.8 Å². The average Bonchev–Trinajstić information content (AvgIpc) is 3.26. The van der Waals surface area contributed by atoms with Crippen LogP contribution in [0, 0.1) is 0 Å². The molecule has 2 aromatic heterocycles. The molecule has 9 heteroatoms. The SMILES string of the molecule is Cn1c2c(c(=O)n(C)c1=O)[C@H](CC(=O)NCCc1c[nH]c3ccccc13)C(=O)N2. The maximum atomic E-state index is 12.5. The number of hydrogen-bond acceptors (Lipinski definition) is 4. The predicted molar refractivity (Wildman–Crippen MR) is 108 cm³/mol. The van der Waals surface area contributed by atoms with Gasteiger partial charge in [-0.1, -0.05) is 18.2 Å². The zero-order valence-electron chi connectivity index (χ0n) is 16.1. The second-order valence-electron chi connectivity index (χ2n) is 7.17. The van der Waals surface area contributed by atoms with E-state index >= 15 is 0 Å². The molecule has 3 heterocycles. The van der Waals surface area contributed by atoms with Gasteiger partial charge < -0.3 is 15.6 Å². The molecule has 0 bridgehead atoms. The quantitative estimate of drug-likeness (QED) is 0.578. The Bertz CT molecular complexity index is 1250. The molecule has 1 aliphatic rings. The third-order valence-electron chi connectivity index (χ3n) is 5.39. The maximum Gasteiger partial charge on any atom is 0.332 e. The van der Waals surface area contributed by atoms with Crippen molar-refractivity contribution in [3.05, 3.63) is 62.4 Å². The van der Waals surface area contributed by atoms with Crippen molar-refractivity contribution in [1.82, 2.24) is 19.4 Å². The van der Waals surface area contributed by atoms with Crippen LogP contribution in [-0.2, 0) is 30.1 Å². The van der Waals surface area contributed by atoms with E-state index in [0.29, 0.717) is 13.0 Å². The molecule has 0 fully saturated rings. The molecule has 1 atom stereocenters.